The van der Waals surface area contributed by atoms with Crippen molar-refractivity contribution in [1.29, 1.82) is 0 Å². The van der Waals surface area contributed by atoms with Crippen LogP contribution in [0.2, 0.25) is 0 Å². The number of ether oxygens (including phenoxy) is 2. The number of aryl methyl sites for hydroxylation is 1. The Labute approximate surface area is 303 Å². The van der Waals surface area contributed by atoms with Crippen molar-refractivity contribution in [3.63, 3.8) is 0 Å². The first-order valence-electron chi connectivity index (χ1n) is 18.7. The van der Waals surface area contributed by atoms with Crippen LogP contribution >= 0.6 is 7.82 Å². The van der Waals surface area contributed by atoms with Gasteiger partial charge in [-0.25, -0.2) is 18.5 Å². The molecule has 2 aromatic rings. The highest BCUT2D eigenvalue weighted by molar-refractivity contribution is 7.47. The first kappa shape index (κ1) is 41.7. The third kappa shape index (κ3) is 13.4. The molecular weight excluding hydrogens is 700 g/mol. The van der Waals surface area contributed by atoms with E-state index >= 15 is 0 Å². The van der Waals surface area contributed by atoms with Gasteiger partial charge in [0.1, 0.15) is 30.5 Å². The summed E-state index contributed by atoms with van der Waals surface area (Å²) in [7, 11) is -4.65. The number of nitrogens with one attached hydrogen (secondary N) is 2. The number of hydrogen-bond acceptors (Lipinski definition) is 10. The van der Waals surface area contributed by atoms with E-state index in [1.807, 2.05) is 0 Å². The predicted octanol–water partition coefficient (Wildman–Crippen LogP) is 5.96. The molecule has 17 heteroatoms. The number of phosphoric ester groups is 1. The number of aromatic nitrogens is 4. The summed E-state index contributed by atoms with van der Waals surface area (Å²) in [5.41, 5.74) is -1.71. The Balaban J connectivity index is 1.10. The van der Waals surface area contributed by atoms with Gasteiger partial charge < -0.3 is 19.7 Å². The van der Waals surface area contributed by atoms with E-state index in [0.717, 1.165) is 23.8 Å². The third-order valence-electron chi connectivity index (χ3n) is 9.44. The highest BCUT2D eigenvalue weighted by atomic mass is 31.2. The van der Waals surface area contributed by atoms with E-state index in [2.05, 4.69) is 22.2 Å². The third-order valence-corrected chi connectivity index (χ3v) is 10.4. The number of hydrogen-bond donors (Lipinski definition) is 3. The monoisotopic (exact) mass is 755 g/mol. The first-order valence-corrected chi connectivity index (χ1v) is 20.2. The predicted molar refractivity (Wildman–Crippen MR) is 192 cm³/mol. The second-order valence-corrected chi connectivity index (χ2v) is 15.2. The van der Waals surface area contributed by atoms with Gasteiger partial charge in [-0.3, -0.25) is 32.8 Å². The van der Waals surface area contributed by atoms with Gasteiger partial charge in [-0.05, 0) is 32.3 Å². The van der Waals surface area contributed by atoms with Crippen molar-refractivity contribution in [3.05, 3.63) is 55.3 Å². The summed E-state index contributed by atoms with van der Waals surface area (Å²) in [5, 5.41) is 2.68. The number of alkyl halides is 1. The number of nitrogens with zero attached hydrogens (tertiary/aromatic N) is 3. The van der Waals surface area contributed by atoms with Crippen LogP contribution in [0, 0.1) is 6.92 Å². The normalized spacial score (nSPS) is 22.8. The lowest BCUT2D eigenvalue weighted by Gasteiger charge is -2.19. The Morgan fingerprint density at radius 3 is 2.25 bits per heavy atom. The minimum absolute atomic E-state index is 0.158. The van der Waals surface area contributed by atoms with Gasteiger partial charge in [0.2, 0.25) is 5.91 Å². The molecule has 4 rings (SSSR count). The van der Waals surface area contributed by atoms with Crippen LogP contribution in [0.5, 0.6) is 0 Å². The maximum atomic E-state index is 14.6. The topological polar surface area (TPSA) is 193 Å². The molecule has 6 unspecified atom stereocenters. The Morgan fingerprint density at radius 2 is 1.60 bits per heavy atom. The van der Waals surface area contributed by atoms with Crippen LogP contribution in [0.4, 0.5) is 10.2 Å². The number of carbonyl (C=O) groups excluding carboxylic acids is 1. The number of amides is 1. The van der Waals surface area contributed by atoms with Gasteiger partial charge in [0, 0.05) is 30.8 Å². The van der Waals surface area contributed by atoms with Crippen LogP contribution < -0.4 is 22.3 Å². The van der Waals surface area contributed by atoms with Gasteiger partial charge >= 0.3 is 19.2 Å². The summed E-state index contributed by atoms with van der Waals surface area (Å²) < 4.78 is 50.9. The van der Waals surface area contributed by atoms with Crippen molar-refractivity contribution in [2.24, 2.45) is 0 Å². The van der Waals surface area contributed by atoms with Crippen molar-refractivity contribution in [3.8, 4) is 0 Å². The van der Waals surface area contributed by atoms with E-state index in [9.17, 15) is 33.0 Å². The Bertz CT molecular complexity index is 1650. The number of carbonyl (C=O) groups is 1. The number of anilines is 1. The molecule has 2 aliphatic heterocycles. The smallest absolute Gasteiger partial charge is 0.352 e. The molecule has 6 atom stereocenters. The van der Waals surface area contributed by atoms with Gasteiger partial charge in [0.05, 0.1) is 19.3 Å². The van der Waals surface area contributed by atoms with Gasteiger partial charge in [0.15, 0.2) is 0 Å². The fourth-order valence-corrected chi connectivity index (χ4v) is 7.18. The van der Waals surface area contributed by atoms with E-state index in [-0.39, 0.29) is 30.3 Å². The average Bonchev–Trinajstić information content (AvgIpc) is 3.73. The second kappa shape index (κ2) is 21.0. The molecule has 0 spiro atoms. The molecule has 2 saturated heterocycles. The zero-order chi connectivity index (χ0) is 37.5. The fraction of sp³-hybridized carbons (Fsp3) is 0.743. The molecule has 2 aliphatic rings. The zero-order valence-corrected chi connectivity index (χ0v) is 31.2. The van der Waals surface area contributed by atoms with Gasteiger partial charge in [-0.2, -0.15) is 4.98 Å². The fourth-order valence-electron chi connectivity index (χ4n) is 6.42. The van der Waals surface area contributed by atoms with Crippen LogP contribution in [0.25, 0.3) is 0 Å². The molecule has 0 bridgehead atoms. The lowest BCUT2D eigenvalue weighted by Crippen LogP contribution is -2.33. The highest BCUT2D eigenvalue weighted by Gasteiger charge is 2.39. The Hall–Kier alpha value is -3.01. The minimum atomic E-state index is -4.65. The molecule has 1 amide bonds. The van der Waals surface area contributed by atoms with E-state index in [0.29, 0.717) is 19.3 Å². The molecule has 0 aromatic carbocycles. The van der Waals surface area contributed by atoms with Crippen molar-refractivity contribution >= 4 is 19.5 Å². The number of H-pyrrole nitrogens is 1. The SMILES string of the molecule is CCCCCCCCCCCCCCCC(=O)Nc1ccn(C2CCC(COP(=O)(O)OCC3OC(n4cc(C)c(=O)[nH]c4=O)CC3F)O2)c(=O)n1. The molecule has 2 fully saturated rings. The highest BCUT2D eigenvalue weighted by Crippen LogP contribution is 2.45. The summed E-state index contributed by atoms with van der Waals surface area (Å²) in [6.45, 7) is 2.77. The molecule has 52 heavy (non-hydrogen) atoms. The molecule has 0 radical (unpaired) electrons. The van der Waals surface area contributed by atoms with Crippen molar-refractivity contribution < 1.29 is 37.2 Å². The molecule has 2 aromatic heterocycles. The van der Waals surface area contributed by atoms with Gasteiger partial charge in [0.25, 0.3) is 5.56 Å². The number of rotatable bonds is 23. The number of phosphoric acid groups is 1. The molecule has 15 nitrogen and oxygen atoms in total. The largest absolute Gasteiger partial charge is 0.472 e. The number of aromatic amines is 1. The van der Waals surface area contributed by atoms with E-state index in [1.54, 1.807) is 0 Å². The second-order valence-electron chi connectivity index (χ2n) is 13.8. The summed E-state index contributed by atoms with van der Waals surface area (Å²) in [5.74, 6) is -0.0375. The van der Waals surface area contributed by atoms with Crippen molar-refractivity contribution in [1.82, 2.24) is 19.1 Å². The average molecular weight is 756 g/mol. The summed E-state index contributed by atoms with van der Waals surface area (Å²) in [6, 6.07) is 1.52. The van der Waals surface area contributed by atoms with Crippen LogP contribution in [0.15, 0.2) is 32.8 Å². The van der Waals surface area contributed by atoms with Crippen molar-refractivity contribution in [2.45, 2.75) is 154 Å². The van der Waals surface area contributed by atoms with Crippen LogP contribution in [0.3, 0.4) is 0 Å². The zero-order valence-electron chi connectivity index (χ0n) is 30.3. The van der Waals surface area contributed by atoms with Gasteiger partial charge in [-0.1, -0.05) is 84.0 Å². The van der Waals surface area contributed by atoms with E-state index < -0.39 is 62.2 Å². The molecule has 0 aliphatic carbocycles. The molecule has 292 valence electrons. The van der Waals surface area contributed by atoms with E-state index in [1.165, 1.54) is 94.2 Å². The maximum absolute atomic E-state index is 14.6. The Kier molecular flexibility index (Phi) is 16.9. The minimum Gasteiger partial charge on any atom is -0.352 e. The van der Waals surface area contributed by atoms with Crippen molar-refractivity contribution in [2.75, 3.05) is 18.5 Å². The standard InChI is InChI=1S/C35H55FN5O10P/c1-3-4-5-6-7-8-9-10-11-12-13-14-15-16-30(42)37-29-19-20-40(34(44)38-29)31-18-17-26(50-31)23-48-52(46,47)49-24-28-27(36)21-32(51-28)41-22-25(2)33(43)39-35(41)45/h19-20,22,26-28,31-32H,3-18,21,23-24H2,1-2H3,(H,46,47)(H,39,43,45)(H,37,38,42,44). The lowest BCUT2D eigenvalue weighted by atomic mass is 10.0. The van der Waals surface area contributed by atoms with Gasteiger partial charge in [-0.15, -0.1) is 0 Å². The number of halogens is 1. The van der Waals surface area contributed by atoms with Crippen LogP contribution in [-0.4, -0.2) is 61.5 Å². The van der Waals surface area contributed by atoms with Crippen LogP contribution in [-0.2, 0) is 27.9 Å². The summed E-state index contributed by atoms with van der Waals surface area (Å²) in [6.07, 6.45) is 14.3. The lowest BCUT2D eigenvalue weighted by molar-refractivity contribution is -0.116. The Morgan fingerprint density at radius 1 is 0.962 bits per heavy atom. The quantitative estimate of drug-likeness (QED) is 0.0896. The molecular formula is C35H55FN5O10P. The summed E-state index contributed by atoms with van der Waals surface area (Å²) in [4.78, 5) is 65.2. The first-order chi connectivity index (χ1) is 25.0. The molecule has 3 N–H and O–H groups in total. The molecule has 0 saturated carbocycles. The van der Waals surface area contributed by atoms with Crippen LogP contribution in [0.1, 0.15) is 134 Å². The maximum Gasteiger partial charge on any atom is 0.472 e. The molecule has 4 heterocycles. The van der Waals surface area contributed by atoms with E-state index in [4.69, 9.17) is 18.5 Å². The summed E-state index contributed by atoms with van der Waals surface area (Å²) >= 11 is 0. The number of unbranched alkanes of at least 4 members (excludes halogenated alkanes) is 12.